The van der Waals surface area contributed by atoms with Crippen molar-refractivity contribution in [1.82, 2.24) is 10.2 Å². The number of halogens is 1. The summed E-state index contributed by atoms with van der Waals surface area (Å²) in [7, 11) is 0. The van der Waals surface area contributed by atoms with Gasteiger partial charge in [-0.2, -0.15) is 0 Å². The Bertz CT molecular complexity index is 1100. The Kier molecular flexibility index (Phi) is 9.28. The van der Waals surface area contributed by atoms with Crippen molar-refractivity contribution in [2.75, 3.05) is 13.2 Å². The monoisotopic (exact) mass is 522 g/mol. The van der Waals surface area contributed by atoms with E-state index in [2.05, 4.69) is 21.2 Å². The number of amides is 2. The van der Waals surface area contributed by atoms with Crippen molar-refractivity contribution in [3.05, 3.63) is 99.5 Å². The Hall–Kier alpha value is -3.12. The van der Waals surface area contributed by atoms with Crippen molar-refractivity contribution in [3.63, 3.8) is 0 Å². The van der Waals surface area contributed by atoms with E-state index in [1.54, 1.807) is 4.90 Å². The molecule has 0 fully saturated rings. The van der Waals surface area contributed by atoms with Crippen LogP contribution in [-0.4, -0.2) is 35.9 Å². The van der Waals surface area contributed by atoms with Crippen molar-refractivity contribution in [1.29, 1.82) is 0 Å². The van der Waals surface area contributed by atoms with Gasteiger partial charge >= 0.3 is 0 Å². The predicted octanol–water partition coefficient (Wildman–Crippen LogP) is 5.22. The van der Waals surface area contributed by atoms with Gasteiger partial charge in [0.1, 0.15) is 11.8 Å². The van der Waals surface area contributed by atoms with E-state index >= 15 is 0 Å². The lowest BCUT2D eigenvalue weighted by Crippen LogP contribution is -2.51. The summed E-state index contributed by atoms with van der Waals surface area (Å²) in [4.78, 5) is 28.3. The van der Waals surface area contributed by atoms with Gasteiger partial charge in [0.05, 0.1) is 0 Å². The maximum absolute atomic E-state index is 13.5. The third-order valence-corrected chi connectivity index (χ3v) is 6.11. The highest BCUT2D eigenvalue weighted by atomic mass is 79.9. The van der Waals surface area contributed by atoms with Gasteiger partial charge in [0.2, 0.25) is 5.91 Å². The van der Waals surface area contributed by atoms with Gasteiger partial charge in [-0.3, -0.25) is 9.59 Å². The fraction of sp³-hybridized carbons (Fsp3) is 0.286. The summed E-state index contributed by atoms with van der Waals surface area (Å²) in [6.45, 7) is 6.46. The van der Waals surface area contributed by atoms with E-state index in [1.165, 1.54) is 0 Å². The van der Waals surface area contributed by atoms with Crippen LogP contribution in [0.2, 0.25) is 0 Å². The van der Waals surface area contributed by atoms with Crippen molar-refractivity contribution in [2.45, 2.75) is 39.8 Å². The standard InChI is InChI=1S/C28H31BrN2O3/c1-4-30-28(33)25(17-22-8-6-5-7-9-22)31(18-23-12-14-24(29)15-13-23)27(32)19-34-26-16-20(2)10-11-21(26)3/h5-16,25H,4,17-19H2,1-3H3,(H,30,33)/t25-/m0/s1. The van der Waals surface area contributed by atoms with E-state index in [0.717, 1.165) is 26.7 Å². The molecule has 178 valence electrons. The fourth-order valence-corrected chi connectivity index (χ4v) is 3.98. The van der Waals surface area contributed by atoms with Gasteiger partial charge in [-0.05, 0) is 61.2 Å². The first kappa shape index (κ1) is 25.5. The molecule has 2 amide bonds. The zero-order chi connectivity index (χ0) is 24.5. The summed E-state index contributed by atoms with van der Waals surface area (Å²) in [5.41, 5.74) is 3.94. The van der Waals surface area contributed by atoms with E-state index < -0.39 is 6.04 Å². The Morgan fingerprint density at radius 3 is 2.35 bits per heavy atom. The van der Waals surface area contributed by atoms with E-state index in [4.69, 9.17) is 4.74 Å². The summed E-state index contributed by atoms with van der Waals surface area (Å²) < 4.78 is 6.88. The maximum atomic E-state index is 13.5. The average Bonchev–Trinajstić information content (AvgIpc) is 2.83. The summed E-state index contributed by atoms with van der Waals surface area (Å²) >= 11 is 3.46. The predicted molar refractivity (Wildman–Crippen MR) is 139 cm³/mol. The number of hydrogen-bond acceptors (Lipinski definition) is 3. The Morgan fingerprint density at radius 1 is 0.971 bits per heavy atom. The average molecular weight is 523 g/mol. The van der Waals surface area contributed by atoms with Gasteiger partial charge in [-0.15, -0.1) is 0 Å². The Balaban J connectivity index is 1.90. The SMILES string of the molecule is CCNC(=O)[C@H](Cc1ccccc1)N(Cc1ccc(Br)cc1)C(=O)COc1cc(C)ccc1C. The smallest absolute Gasteiger partial charge is 0.261 e. The number of rotatable bonds is 10. The Morgan fingerprint density at radius 2 is 1.68 bits per heavy atom. The van der Waals surface area contributed by atoms with Crippen LogP contribution >= 0.6 is 15.9 Å². The number of benzene rings is 3. The number of carbonyl (C=O) groups is 2. The minimum atomic E-state index is -0.666. The summed E-state index contributed by atoms with van der Waals surface area (Å²) in [5.74, 6) is 0.258. The van der Waals surface area contributed by atoms with Crippen molar-refractivity contribution >= 4 is 27.7 Å². The minimum absolute atomic E-state index is 0.147. The van der Waals surface area contributed by atoms with Crippen molar-refractivity contribution in [3.8, 4) is 5.75 Å². The highest BCUT2D eigenvalue weighted by molar-refractivity contribution is 9.10. The van der Waals surface area contributed by atoms with Crippen LogP contribution in [0.4, 0.5) is 0 Å². The molecule has 1 N–H and O–H groups in total. The number of carbonyl (C=O) groups excluding carboxylic acids is 2. The van der Waals surface area contributed by atoms with E-state index in [0.29, 0.717) is 25.3 Å². The zero-order valence-corrected chi connectivity index (χ0v) is 21.5. The molecule has 3 aromatic rings. The maximum Gasteiger partial charge on any atom is 0.261 e. The van der Waals surface area contributed by atoms with Crippen LogP contribution in [0, 0.1) is 13.8 Å². The van der Waals surface area contributed by atoms with Crippen LogP contribution in [0.25, 0.3) is 0 Å². The molecule has 0 aliphatic rings. The van der Waals surface area contributed by atoms with Gasteiger partial charge in [0.15, 0.2) is 6.61 Å². The van der Waals surface area contributed by atoms with Gasteiger partial charge < -0.3 is 15.0 Å². The molecule has 0 unspecified atom stereocenters. The number of nitrogens with zero attached hydrogens (tertiary/aromatic N) is 1. The number of likely N-dealkylation sites (N-methyl/N-ethyl adjacent to an activating group) is 1. The molecule has 0 heterocycles. The van der Waals surface area contributed by atoms with Crippen LogP contribution < -0.4 is 10.1 Å². The van der Waals surface area contributed by atoms with Crippen molar-refractivity contribution in [2.24, 2.45) is 0 Å². The second-order valence-electron chi connectivity index (χ2n) is 8.31. The third-order valence-electron chi connectivity index (χ3n) is 5.58. The van der Waals surface area contributed by atoms with Crippen LogP contribution in [0.15, 0.2) is 77.3 Å². The molecule has 0 bridgehead atoms. The molecule has 0 saturated heterocycles. The molecule has 3 rings (SSSR count). The first-order chi connectivity index (χ1) is 16.4. The van der Waals surface area contributed by atoms with Gasteiger partial charge in [-0.1, -0.05) is 70.5 Å². The normalized spacial score (nSPS) is 11.5. The summed E-state index contributed by atoms with van der Waals surface area (Å²) in [6.07, 6.45) is 0.415. The quantitative estimate of drug-likeness (QED) is 0.397. The molecule has 3 aromatic carbocycles. The van der Waals surface area contributed by atoms with Gasteiger partial charge in [0, 0.05) is 24.0 Å². The molecular weight excluding hydrogens is 492 g/mol. The molecule has 1 atom stereocenters. The third kappa shape index (κ3) is 7.19. The molecule has 0 radical (unpaired) electrons. The minimum Gasteiger partial charge on any atom is -0.483 e. The van der Waals surface area contributed by atoms with E-state index in [-0.39, 0.29) is 18.4 Å². The van der Waals surface area contributed by atoms with Gasteiger partial charge in [0.25, 0.3) is 5.91 Å². The molecule has 34 heavy (non-hydrogen) atoms. The molecule has 0 saturated carbocycles. The lowest BCUT2D eigenvalue weighted by Gasteiger charge is -2.31. The largest absolute Gasteiger partial charge is 0.483 e. The first-order valence-electron chi connectivity index (χ1n) is 11.4. The topological polar surface area (TPSA) is 58.6 Å². The number of nitrogens with one attached hydrogen (secondary N) is 1. The molecule has 6 heteroatoms. The summed E-state index contributed by atoms with van der Waals surface area (Å²) in [5, 5.41) is 2.91. The molecule has 0 aromatic heterocycles. The first-order valence-corrected chi connectivity index (χ1v) is 12.2. The van der Waals surface area contributed by atoms with Crippen LogP contribution in [0.1, 0.15) is 29.2 Å². The highest BCUT2D eigenvalue weighted by Crippen LogP contribution is 2.21. The fourth-order valence-electron chi connectivity index (χ4n) is 3.72. The lowest BCUT2D eigenvalue weighted by atomic mass is 10.0. The highest BCUT2D eigenvalue weighted by Gasteiger charge is 2.30. The number of aryl methyl sites for hydroxylation is 2. The van der Waals surface area contributed by atoms with Crippen LogP contribution in [-0.2, 0) is 22.6 Å². The van der Waals surface area contributed by atoms with Crippen molar-refractivity contribution < 1.29 is 14.3 Å². The molecular formula is C28H31BrN2O3. The van der Waals surface area contributed by atoms with E-state index in [1.807, 2.05) is 93.6 Å². The number of ether oxygens (including phenoxy) is 1. The Labute approximate surface area is 210 Å². The van der Waals surface area contributed by atoms with Gasteiger partial charge in [-0.25, -0.2) is 0 Å². The second kappa shape index (κ2) is 12.4. The molecule has 0 aliphatic heterocycles. The number of hydrogen-bond donors (Lipinski definition) is 1. The molecule has 5 nitrogen and oxygen atoms in total. The van der Waals surface area contributed by atoms with E-state index in [9.17, 15) is 9.59 Å². The molecule has 0 spiro atoms. The van der Waals surface area contributed by atoms with Crippen LogP contribution in [0.5, 0.6) is 5.75 Å². The molecule has 0 aliphatic carbocycles. The van der Waals surface area contributed by atoms with Crippen LogP contribution in [0.3, 0.4) is 0 Å². The second-order valence-corrected chi connectivity index (χ2v) is 9.22. The lowest BCUT2D eigenvalue weighted by molar-refractivity contribution is -0.142. The zero-order valence-electron chi connectivity index (χ0n) is 19.9. The summed E-state index contributed by atoms with van der Waals surface area (Å²) in [6, 6.07) is 22.8.